The van der Waals surface area contributed by atoms with E-state index in [1.54, 1.807) is 0 Å². The third kappa shape index (κ3) is 5.93. The van der Waals surface area contributed by atoms with Gasteiger partial charge in [0.1, 0.15) is 5.75 Å². The predicted octanol–water partition coefficient (Wildman–Crippen LogP) is 3.45. The maximum absolute atomic E-state index is 6.31. The van der Waals surface area contributed by atoms with E-state index in [9.17, 15) is 0 Å². The third-order valence-electron chi connectivity index (χ3n) is 3.31. The summed E-state index contributed by atoms with van der Waals surface area (Å²) in [7, 11) is 0. The van der Waals surface area contributed by atoms with Crippen molar-refractivity contribution in [2.24, 2.45) is 11.7 Å². The van der Waals surface area contributed by atoms with Crippen molar-refractivity contribution in [1.29, 1.82) is 0 Å². The average Bonchev–Trinajstić information content (AvgIpc) is 2.44. The van der Waals surface area contributed by atoms with Crippen molar-refractivity contribution in [1.82, 2.24) is 4.90 Å². The van der Waals surface area contributed by atoms with Gasteiger partial charge in [-0.05, 0) is 36.6 Å². The van der Waals surface area contributed by atoms with Crippen molar-refractivity contribution in [2.75, 3.05) is 26.2 Å². The quantitative estimate of drug-likeness (QED) is 0.752. The summed E-state index contributed by atoms with van der Waals surface area (Å²) in [6, 6.07) is 8.26. The van der Waals surface area contributed by atoms with Crippen LogP contribution in [0.25, 0.3) is 0 Å². The minimum absolute atomic E-state index is 0.0638. The summed E-state index contributed by atoms with van der Waals surface area (Å²) in [5.41, 5.74) is 7.49. The second-order valence-electron chi connectivity index (χ2n) is 5.77. The Morgan fingerprint density at radius 3 is 2.25 bits per heavy atom. The average molecular weight is 278 g/mol. The summed E-state index contributed by atoms with van der Waals surface area (Å²) in [6.07, 6.45) is 1.03. The first-order valence-corrected chi connectivity index (χ1v) is 7.77. The Labute approximate surface area is 124 Å². The van der Waals surface area contributed by atoms with Gasteiger partial charge in [-0.2, -0.15) is 0 Å². The zero-order valence-corrected chi connectivity index (χ0v) is 13.4. The predicted molar refractivity (Wildman–Crippen MR) is 86.1 cm³/mol. The summed E-state index contributed by atoms with van der Waals surface area (Å²) in [6.45, 7) is 12.6. The number of benzene rings is 1. The van der Waals surface area contributed by atoms with E-state index in [4.69, 9.17) is 10.5 Å². The Morgan fingerprint density at radius 2 is 1.75 bits per heavy atom. The monoisotopic (exact) mass is 278 g/mol. The maximum Gasteiger partial charge on any atom is 0.119 e. The summed E-state index contributed by atoms with van der Waals surface area (Å²) in [5.74, 6) is 1.60. The molecular formula is C17H30N2O. The topological polar surface area (TPSA) is 38.5 Å². The van der Waals surface area contributed by atoms with Gasteiger partial charge in [-0.15, -0.1) is 0 Å². The smallest absolute Gasteiger partial charge is 0.119 e. The van der Waals surface area contributed by atoms with E-state index in [0.717, 1.165) is 38.4 Å². The van der Waals surface area contributed by atoms with Crippen molar-refractivity contribution in [3.05, 3.63) is 29.8 Å². The highest BCUT2D eigenvalue weighted by molar-refractivity contribution is 5.29. The van der Waals surface area contributed by atoms with Gasteiger partial charge < -0.3 is 15.4 Å². The zero-order valence-electron chi connectivity index (χ0n) is 13.4. The van der Waals surface area contributed by atoms with Gasteiger partial charge in [-0.3, -0.25) is 0 Å². The van der Waals surface area contributed by atoms with Gasteiger partial charge in [-0.1, -0.05) is 39.8 Å². The van der Waals surface area contributed by atoms with E-state index in [2.05, 4.69) is 44.7 Å². The Morgan fingerprint density at radius 1 is 1.10 bits per heavy atom. The SMILES string of the molecule is CCCOc1ccc(C(N)CN(CC)CC(C)C)cc1. The fourth-order valence-electron chi connectivity index (χ4n) is 2.26. The molecule has 0 heterocycles. The van der Waals surface area contributed by atoms with Gasteiger partial charge in [-0.25, -0.2) is 0 Å². The van der Waals surface area contributed by atoms with Crippen LogP contribution in [0.5, 0.6) is 5.75 Å². The molecule has 3 heteroatoms. The molecule has 114 valence electrons. The molecule has 0 spiro atoms. The summed E-state index contributed by atoms with van der Waals surface area (Å²) < 4.78 is 5.59. The molecule has 20 heavy (non-hydrogen) atoms. The molecule has 0 aromatic heterocycles. The van der Waals surface area contributed by atoms with Crippen LogP contribution >= 0.6 is 0 Å². The molecule has 0 bridgehead atoms. The van der Waals surface area contributed by atoms with Crippen molar-refractivity contribution >= 4 is 0 Å². The molecule has 1 aromatic carbocycles. The van der Waals surface area contributed by atoms with Crippen LogP contribution in [0, 0.1) is 5.92 Å². The largest absolute Gasteiger partial charge is 0.494 e. The van der Waals surface area contributed by atoms with Crippen LogP contribution in [0.1, 0.15) is 45.7 Å². The molecule has 1 unspecified atom stereocenters. The van der Waals surface area contributed by atoms with E-state index >= 15 is 0 Å². The van der Waals surface area contributed by atoms with Crippen molar-refractivity contribution < 1.29 is 4.74 Å². The lowest BCUT2D eigenvalue weighted by Crippen LogP contribution is -2.34. The van der Waals surface area contributed by atoms with Gasteiger partial charge in [0.15, 0.2) is 0 Å². The van der Waals surface area contributed by atoms with Gasteiger partial charge in [0.25, 0.3) is 0 Å². The molecule has 0 aliphatic heterocycles. The molecule has 0 aliphatic rings. The van der Waals surface area contributed by atoms with E-state index < -0.39 is 0 Å². The minimum atomic E-state index is 0.0638. The number of nitrogens with zero attached hydrogens (tertiary/aromatic N) is 1. The molecule has 0 saturated heterocycles. The van der Waals surface area contributed by atoms with Crippen molar-refractivity contribution in [3.8, 4) is 5.75 Å². The molecule has 0 saturated carbocycles. The van der Waals surface area contributed by atoms with Crippen LogP contribution in [-0.4, -0.2) is 31.1 Å². The first-order chi connectivity index (χ1) is 9.56. The Bertz CT molecular complexity index is 362. The van der Waals surface area contributed by atoms with Crippen LogP contribution in [-0.2, 0) is 0 Å². The number of hydrogen-bond acceptors (Lipinski definition) is 3. The highest BCUT2D eigenvalue weighted by atomic mass is 16.5. The van der Waals surface area contributed by atoms with Crippen LogP contribution < -0.4 is 10.5 Å². The zero-order chi connectivity index (χ0) is 15.0. The highest BCUT2D eigenvalue weighted by Gasteiger charge is 2.12. The first-order valence-electron chi connectivity index (χ1n) is 7.77. The van der Waals surface area contributed by atoms with E-state index in [1.807, 2.05) is 12.1 Å². The molecular weight excluding hydrogens is 248 g/mol. The van der Waals surface area contributed by atoms with Crippen LogP contribution in [0.3, 0.4) is 0 Å². The number of likely N-dealkylation sites (N-methyl/N-ethyl adjacent to an activating group) is 1. The first kappa shape index (κ1) is 17.0. The molecule has 3 nitrogen and oxygen atoms in total. The third-order valence-corrected chi connectivity index (χ3v) is 3.31. The minimum Gasteiger partial charge on any atom is -0.494 e. The lowest BCUT2D eigenvalue weighted by atomic mass is 10.1. The maximum atomic E-state index is 6.31. The van der Waals surface area contributed by atoms with Gasteiger partial charge >= 0.3 is 0 Å². The highest BCUT2D eigenvalue weighted by Crippen LogP contribution is 2.18. The van der Waals surface area contributed by atoms with Crippen molar-refractivity contribution in [2.45, 2.75) is 40.2 Å². The molecule has 0 radical (unpaired) electrons. The Balaban J connectivity index is 2.55. The standard InChI is InChI=1S/C17H30N2O/c1-5-11-20-16-9-7-15(8-10-16)17(18)13-19(6-2)12-14(3)4/h7-10,14,17H,5-6,11-13,18H2,1-4H3. The fraction of sp³-hybridized carbons (Fsp3) is 0.647. The molecule has 2 N–H and O–H groups in total. The summed E-state index contributed by atoms with van der Waals surface area (Å²) in [4.78, 5) is 2.41. The van der Waals surface area contributed by atoms with E-state index in [1.165, 1.54) is 5.56 Å². The summed E-state index contributed by atoms with van der Waals surface area (Å²) in [5, 5.41) is 0. The summed E-state index contributed by atoms with van der Waals surface area (Å²) >= 11 is 0. The molecule has 1 aromatic rings. The molecule has 1 atom stereocenters. The van der Waals surface area contributed by atoms with E-state index in [0.29, 0.717) is 5.92 Å². The van der Waals surface area contributed by atoms with Crippen LogP contribution in [0.4, 0.5) is 0 Å². The number of hydrogen-bond donors (Lipinski definition) is 1. The normalized spacial score (nSPS) is 12.9. The Hall–Kier alpha value is -1.06. The van der Waals surface area contributed by atoms with Gasteiger partial charge in [0.2, 0.25) is 0 Å². The van der Waals surface area contributed by atoms with Crippen LogP contribution in [0.15, 0.2) is 24.3 Å². The van der Waals surface area contributed by atoms with Gasteiger partial charge in [0.05, 0.1) is 6.61 Å². The second kappa shape index (κ2) is 8.98. The molecule has 0 fully saturated rings. The number of nitrogens with two attached hydrogens (primary N) is 1. The van der Waals surface area contributed by atoms with E-state index in [-0.39, 0.29) is 6.04 Å². The molecule has 1 rings (SSSR count). The second-order valence-corrected chi connectivity index (χ2v) is 5.77. The van der Waals surface area contributed by atoms with Gasteiger partial charge in [0, 0.05) is 19.1 Å². The number of rotatable bonds is 9. The lowest BCUT2D eigenvalue weighted by Gasteiger charge is -2.26. The molecule has 0 aliphatic carbocycles. The number of ether oxygens (including phenoxy) is 1. The fourth-order valence-corrected chi connectivity index (χ4v) is 2.26. The Kier molecular flexibility index (Phi) is 7.63. The molecule has 0 amide bonds. The van der Waals surface area contributed by atoms with Crippen molar-refractivity contribution in [3.63, 3.8) is 0 Å². The lowest BCUT2D eigenvalue weighted by molar-refractivity contribution is 0.242. The van der Waals surface area contributed by atoms with Crippen LogP contribution in [0.2, 0.25) is 0 Å².